The Morgan fingerprint density at radius 1 is 1.19 bits per heavy atom. The number of benzene rings is 1. The highest BCUT2D eigenvalue weighted by Gasteiger charge is 2.25. The maximum Gasteiger partial charge on any atom is 0.223 e. The van der Waals surface area contributed by atoms with E-state index in [-0.39, 0.29) is 11.8 Å². The molecule has 21 heavy (non-hydrogen) atoms. The summed E-state index contributed by atoms with van der Waals surface area (Å²) in [7, 11) is 4.04. The molecule has 1 fully saturated rings. The van der Waals surface area contributed by atoms with Crippen LogP contribution in [0.5, 0.6) is 0 Å². The number of carbonyl (C=O) groups is 1. The second-order valence-electron chi connectivity index (χ2n) is 6.23. The second kappa shape index (κ2) is 7.46. The van der Waals surface area contributed by atoms with Crippen LogP contribution in [-0.4, -0.2) is 26.5 Å². The van der Waals surface area contributed by atoms with E-state index in [2.05, 4.69) is 34.5 Å². The third-order valence-corrected chi connectivity index (χ3v) is 4.47. The number of nitrogens with two attached hydrogens (primary N) is 1. The van der Waals surface area contributed by atoms with Crippen LogP contribution < -0.4 is 16.0 Å². The molecule has 0 bridgehead atoms. The third-order valence-electron chi connectivity index (χ3n) is 4.47. The molecule has 1 amide bonds. The SMILES string of the molecule is CN(C)c1ccc(CNC(=O)C2CCC(CN)CC2)cc1. The van der Waals surface area contributed by atoms with E-state index >= 15 is 0 Å². The summed E-state index contributed by atoms with van der Waals surface area (Å²) in [4.78, 5) is 14.3. The Hall–Kier alpha value is -1.55. The molecule has 1 aromatic carbocycles. The van der Waals surface area contributed by atoms with Crippen LogP contribution in [0.15, 0.2) is 24.3 Å². The summed E-state index contributed by atoms with van der Waals surface area (Å²) in [6, 6.07) is 8.30. The van der Waals surface area contributed by atoms with Gasteiger partial charge in [-0.2, -0.15) is 0 Å². The fourth-order valence-electron chi connectivity index (χ4n) is 2.91. The highest BCUT2D eigenvalue weighted by molar-refractivity contribution is 5.78. The topological polar surface area (TPSA) is 58.4 Å². The van der Waals surface area contributed by atoms with Crippen LogP contribution in [0.4, 0.5) is 5.69 Å². The maximum atomic E-state index is 12.2. The molecular formula is C17H27N3O. The number of hydrogen-bond acceptors (Lipinski definition) is 3. The van der Waals surface area contributed by atoms with Gasteiger partial charge in [-0.25, -0.2) is 0 Å². The van der Waals surface area contributed by atoms with E-state index < -0.39 is 0 Å². The lowest BCUT2D eigenvalue weighted by atomic mass is 9.81. The van der Waals surface area contributed by atoms with Gasteiger partial charge >= 0.3 is 0 Å². The smallest absolute Gasteiger partial charge is 0.223 e. The van der Waals surface area contributed by atoms with E-state index in [0.717, 1.165) is 37.8 Å². The van der Waals surface area contributed by atoms with Crippen LogP contribution in [0.3, 0.4) is 0 Å². The molecule has 1 aliphatic rings. The normalized spacial score (nSPS) is 21.9. The molecule has 0 atom stereocenters. The van der Waals surface area contributed by atoms with Crippen molar-refractivity contribution in [3.8, 4) is 0 Å². The van der Waals surface area contributed by atoms with E-state index in [0.29, 0.717) is 12.5 Å². The van der Waals surface area contributed by atoms with Crippen molar-refractivity contribution in [2.45, 2.75) is 32.2 Å². The summed E-state index contributed by atoms with van der Waals surface area (Å²) >= 11 is 0. The van der Waals surface area contributed by atoms with Gasteiger partial charge < -0.3 is 16.0 Å². The van der Waals surface area contributed by atoms with Gasteiger partial charge in [0, 0.05) is 32.2 Å². The van der Waals surface area contributed by atoms with Gasteiger partial charge in [-0.3, -0.25) is 4.79 Å². The zero-order chi connectivity index (χ0) is 15.2. The Morgan fingerprint density at radius 3 is 2.33 bits per heavy atom. The van der Waals surface area contributed by atoms with E-state index in [4.69, 9.17) is 5.73 Å². The van der Waals surface area contributed by atoms with Gasteiger partial charge in [0.2, 0.25) is 5.91 Å². The second-order valence-corrected chi connectivity index (χ2v) is 6.23. The number of rotatable bonds is 5. The first-order valence-electron chi connectivity index (χ1n) is 7.84. The van der Waals surface area contributed by atoms with Crippen molar-refractivity contribution < 1.29 is 4.79 Å². The summed E-state index contributed by atoms with van der Waals surface area (Å²) in [6.07, 6.45) is 4.14. The lowest BCUT2D eigenvalue weighted by molar-refractivity contribution is -0.126. The molecule has 1 saturated carbocycles. The Morgan fingerprint density at radius 2 is 1.81 bits per heavy atom. The lowest BCUT2D eigenvalue weighted by Gasteiger charge is -2.26. The van der Waals surface area contributed by atoms with Crippen molar-refractivity contribution in [3.05, 3.63) is 29.8 Å². The molecule has 1 aromatic rings. The minimum atomic E-state index is 0.175. The van der Waals surface area contributed by atoms with Crippen LogP contribution in [-0.2, 0) is 11.3 Å². The molecule has 0 aromatic heterocycles. The van der Waals surface area contributed by atoms with Gasteiger partial charge in [-0.15, -0.1) is 0 Å². The summed E-state index contributed by atoms with van der Waals surface area (Å²) in [5.74, 6) is 0.989. The molecule has 3 N–H and O–H groups in total. The van der Waals surface area contributed by atoms with Crippen molar-refractivity contribution >= 4 is 11.6 Å². The minimum absolute atomic E-state index is 0.175. The average molecular weight is 289 g/mol. The van der Waals surface area contributed by atoms with Gasteiger partial charge in [0.1, 0.15) is 0 Å². The molecule has 0 heterocycles. The molecule has 4 nitrogen and oxygen atoms in total. The number of anilines is 1. The van der Waals surface area contributed by atoms with Gasteiger partial charge in [0.05, 0.1) is 0 Å². The molecule has 0 spiro atoms. The van der Waals surface area contributed by atoms with Crippen LogP contribution in [0.25, 0.3) is 0 Å². The third kappa shape index (κ3) is 4.46. The molecule has 116 valence electrons. The van der Waals surface area contributed by atoms with Crippen molar-refractivity contribution in [1.29, 1.82) is 0 Å². The summed E-state index contributed by atoms with van der Waals surface area (Å²) < 4.78 is 0. The predicted octanol–water partition coefficient (Wildman–Crippen LogP) is 2.13. The van der Waals surface area contributed by atoms with Crippen molar-refractivity contribution in [3.63, 3.8) is 0 Å². The Bertz CT molecular complexity index is 448. The van der Waals surface area contributed by atoms with E-state index in [1.165, 1.54) is 5.69 Å². The molecule has 0 unspecified atom stereocenters. The van der Waals surface area contributed by atoms with Gasteiger partial charge in [0.25, 0.3) is 0 Å². The Labute approximate surface area is 127 Å². The van der Waals surface area contributed by atoms with Gasteiger partial charge in [0.15, 0.2) is 0 Å². The first-order chi connectivity index (χ1) is 10.1. The standard InChI is InChI=1S/C17H27N3O/c1-20(2)16-9-5-14(6-10-16)12-19-17(21)15-7-3-13(11-18)4-8-15/h5-6,9-10,13,15H,3-4,7-8,11-12,18H2,1-2H3,(H,19,21). The van der Waals surface area contributed by atoms with Crippen LogP contribution in [0.2, 0.25) is 0 Å². The highest BCUT2D eigenvalue weighted by Crippen LogP contribution is 2.28. The summed E-state index contributed by atoms with van der Waals surface area (Å²) in [5, 5.41) is 3.07. The minimum Gasteiger partial charge on any atom is -0.378 e. The fraction of sp³-hybridized carbons (Fsp3) is 0.588. The average Bonchev–Trinajstić information content (AvgIpc) is 2.53. The Balaban J connectivity index is 1.78. The van der Waals surface area contributed by atoms with Crippen molar-refractivity contribution in [2.75, 3.05) is 25.5 Å². The first kappa shape index (κ1) is 15.8. The molecular weight excluding hydrogens is 262 g/mol. The van der Waals surface area contributed by atoms with E-state index in [9.17, 15) is 4.79 Å². The van der Waals surface area contributed by atoms with Crippen molar-refractivity contribution in [2.24, 2.45) is 17.6 Å². The highest BCUT2D eigenvalue weighted by atomic mass is 16.1. The molecule has 0 saturated heterocycles. The van der Waals surface area contributed by atoms with E-state index in [1.807, 2.05) is 14.1 Å². The number of carbonyl (C=O) groups excluding carboxylic acids is 1. The quantitative estimate of drug-likeness (QED) is 0.873. The first-order valence-corrected chi connectivity index (χ1v) is 7.84. The predicted molar refractivity (Wildman–Crippen MR) is 87.1 cm³/mol. The number of hydrogen-bond donors (Lipinski definition) is 2. The number of nitrogens with zero attached hydrogens (tertiary/aromatic N) is 1. The maximum absolute atomic E-state index is 12.2. The molecule has 4 heteroatoms. The largest absolute Gasteiger partial charge is 0.378 e. The Kier molecular flexibility index (Phi) is 5.62. The number of amides is 1. The number of nitrogens with one attached hydrogen (secondary N) is 1. The fourth-order valence-corrected chi connectivity index (χ4v) is 2.91. The molecule has 0 radical (unpaired) electrons. The monoisotopic (exact) mass is 289 g/mol. The van der Waals surface area contributed by atoms with E-state index in [1.54, 1.807) is 0 Å². The molecule has 0 aliphatic heterocycles. The summed E-state index contributed by atoms with van der Waals surface area (Å²) in [5.41, 5.74) is 8.00. The van der Waals surface area contributed by atoms with Crippen LogP contribution >= 0.6 is 0 Å². The zero-order valence-electron chi connectivity index (χ0n) is 13.1. The van der Waals surface area contributed by atoms with Gasteiger partial charge in [-0.05, 0) is 55.8 Å². The van der Waals surface area contributed by atoms with Gasteiger partial charge in [-0.1, -0.05) is 12.1 Å². The van der Waals surface area contributed by atoms with Crippen LogP contribution in [0, 0.1) is 11.8 Å². The van der Waals surface area contributed by atoms with Crippen molar-refractivity contribution in [1.82, 2.24) is 5.32 Å². The van der Waals surface area contributed by atoms with Crippen LogP contribution in [0.1, 0.15) is 31.2 Å². The zero-order valence-corrected chi connectivity index (χ0v) is 13.1. The lowest BCUT2D eigenvalue weighted by Crippen LogP contribution is -2.33. The molecule has 1 aliphatic carbocycles. The molecule has 2 rings (SSSR count). The summed E-state index contributed by atoms with van der Waals surface area (Å²) in [6.45, 7) is 1.37.